The number of benzodiazepines with no additional fused rings is 1. The van der Waals surface area contributed by atoms with Crippen molar-refractivity contribution in [2.24, 2.45) is 4.99 Å². The Hall–Kier alpha value is -5.30. The van der Waals surface area contributed by atoms with E-state index in [-0.39, 0.29) is 17.8 Å². The molecule has 0 fully saturated rings. The first kappa shape index (κ1) is 20.3. The summed E-state index contributed by atoms with van der Waals surface area (Å²) in [6, 6.07) is 22.6. The topological polar surface area (TPSA) is 134 Å². The Bertz CT molecular complexity index is 1650. The lowest BCUT2D eigenvalue weighted by atomic mass is 10.0. The van der Waals surface area contributed by atoms with Gasteiger partial charge in [-0.2, -0.15) is 10.4 Å². The summed E-state index contributed by atoms with van der Waals surface area (Å²) in [5, 5.41) is 27.5. The number of nitrogens with zero attached hydrogens (tertiary/aromatic N) is 6. The van der Waals surface area contributed by atoms with Crippen molar-refractivity contribution in [2.45, 2.75) is 6.17 Å². The number of amides is 1. The van der Waals surface area contributed by atoms with Crippen molar-refractivity contribution in [3.63, 3.8) is 0 Å². The first-order valence-electron chi connectivity index (χ1n) is 10.7. The molecule has 5 aromatic rings. The van der Waals surface area contributed by atoms with Crippen LogP contribution in [-0.4, -0.2) is 37.6 Å². The van der Waals surface area contributed by atoms with E-state index in [1.807, 2.05) is 54.6 Å². The fourth-order valence-electron chi connectivity index (χ4n) is 3.90. The largest absolute Gasteiger partial charge is 0.403 e. The van der Waals surface area contributed by atoms with Gasteiger partial charge in [-0.1, -0.05) is 53.6 Å². The van der Waals surface area contributed by atoms with Crippen molar-refractivity contribution < 1.29 is 9.21 Å². The maximum atomic E-state index is 13.0. The van der Waals surface area contributed by atoms with E-state index in [2.05, 4.69) is 32.0 Å². The van der Waals surface area contributed by atoms with Crippen LogP contribution in [0.25, 0.3) is 17.0 Å². The molecule has 0 saturated heterocycles. The van der Waals surface area contributed by atoms with Crippen LogP contribution in [0.4, 0.5) is 11.7 Å². The number of hydrogen-bond donors (Lipinski definition) is 2. The Balaban J connectivity index is 1.36. The van der Waals surface area contributed by atoms with E-state index in [1.54, 1.807) is 29.0 Å². The number of para-hydroxylation sites is 1. The number of carbonyl (C=O) groups is 1. The average molecular weight is 460 g/mol. The Morgan fingerprint density at radius 2 is 1.86 bits per heavy atom. The third-order valence-electron chi connectivity index (χ3n) is 5.56. The van der Waals surface area contributed by atoms with Crippen molar-refractivity contribution in [2.75, 3.05) is 10.6 Å². The number of rotatable bonds is 4. The molecule has 1 atom stereocenters. The van der Waals surface area contributed by atoms with E-state index in [0.717, 1.165) is 11.1 Å². The highest BCUT2D eigenvalue weighted by Gasteiger charge is 2.27. The number of nitrogens with one attached hydrogen (secondary N) is 2. The van der Waals surface area contributed by atoms with Gasteiger partial charge in [0.1, 0.15) is 0 Å². The number of aromatic nitrogens is 4. The minimum Gasteiger partial charge on any atom is -0.403 e. The molecule has 35 heavy (non-hydrogen) atoms. The summed E-state index contributed by atoms with van der Waals surface area (Å²) in [5.41, 5.74) is 4.68. The van der Waals surface area contributed by atoms with E-state index >= 15 is 0 Å². The van der Waals surface area contributed by atoms with Gasteiger partial charge in [0, 0.05) is 17.3 Å². The standard InChI is InChI=1S/C25H16N8O2/c26-13-15-10-11-33-20(12-15)18(14-27-33)24-31-32-25(35-24)30-22-23(34)28-19-9-5-4-8-17(19)21(29-22)16-6-2-1-3-7-16/h1-12,14,22H,(H,28,34)(H,30,32)/t22-/m1/s1. The van der Waals surface area contributed by atoms with Crippen LogP contribution in [0.2, 0.25) is 0 Å². The van der Waals surface area contributed by atoms with Crippen molar-refractivity contribution in [1.29, 1.82) is 5.26 Å². The van der Waals surface area contributed by atoms with Gasteiger partial charge in [0.2, 0.25) is 6.17 Å². The third kappa shape index (κ3) is 3.67. The highest BCUT2D eigenvalue weighted by molar-refractivity contribution is 6.19. The zero-order chi connectivity index (χ0) is 23.8. The zero-order valence-electron chi connectivity index (χ0n) is 18.1. The zero-order valence-corrected chi connectivity index (χ0v) is 18.1. The Morgan fingerprint density at radius 1 is 1.03 bits per heavy atom. The molecule has 1 aliphatic rings. The number of pyridine rings is 1. The van der Waals surface area contributed by atoms with Gasteiger partial charge in [-0.25, -0.2) is 9.51 Å². The highest BCUT2D eigenvalue weighted by atomic mass is 16.4. The van der Waals surface area contributed by atoms with Crippen LogP contribution >= 0.6 is 0 Å². The van der Waals surface area contributed by atoms with Crippen LogP contribution in [0.15, 0.2) is 88.5 Å². The minimum atomic E-state index is -1.01. The number of aliphatic imine (C=N–C) groups is 1. The third-order valence-corrected chi connectivity index (χ3v) is 5.56. The summed E-state index contributed by atoms with van der Waals surface area (Å²) in [6.45, 7) is 0. The van der Waals surface area contributed by atoms with E-state index in [4.69, 9.17) is 9.41 Å². The first-order chi connectivity index (χ1) is 17.2. The molecule has 0 unspecified atom stereocenters. The summed E-state index contributed by atoms with van der Waals surface area (Å²) < 4.78 is 7.41. The van der Waals surface area contributed by atoms with Crippen LogP contribution in [0.1, 0.15) is 16.7 Å². The van der Waals surface area contributed by atoms with E-state index in [0.29, 0.717) is 28.0 Å². The number of nitriles is 1. The highest BCUT2D eigenvalue weighted by Crippen LogP contribution is 2.27. The molecule has 3 aromatic heterocycles. The van der Waals surface area contributed by atoms with Crippen LogP contribution in [-0.2, 0) is 4.79 Å². The second kappa shape index (κ2) is 8.24. The van der Waals surface area contributed by atoms with Crippen molar-refractivity contribution in [1.82, 2.24) is 19.8 Å². The molecule has 2 N–H and O–H groups in total. The fourth-order valence-corrected chi connectivity index (χ4v) is 3.90. The average Bonchev–Trinajstić information content (AvgIpc) is 3.50. The molecule has 0 radical (unpaired) electrons. The molecule has 1 aliphatic heterocycles. The molecule has 2 aromatic carbocycles. The Labute approximate surface area is 198 Å². The van der Waals surface area contributed by atoms with Crippen LogP contribution < -0.4 is 10.6 Å². The lowest BCUT2D eigenvalue weighted by Gasteiger charge is -2.11. The fraction of sp³-hybridized carbons (Fsp3) is 0.0400. The lowest BCUT2D eigenvalue weighted by Crippen LogP contribution is -2.32. The minimum absolute atomic E-state index is 0.0260. The first-order valence-corrected chi connectivity index (χ1v) is 10.7. The van der Waals surface area contributed by atoms with Crippen LogP contribution in [0.3, 0.4) is 0 Å². The summed E-state index contributed by atoms with van der Waals surface area (Å²) >= 11 is 0. The maximum absolute atomic E-state index is 13.0. The van der Waals surface area contributed by atoms with Crippen molar-refractivity contribution >= 4 is 28.8 Å². The van der Waals surface area contributed by atoms with E-state index in [9.17, 15) is 10.1 Å². The molecule has 10 heteroatoms. The number of fused-ring (bicyclic) bond motifs is 2. The molecule has 6 rings (SSSR count). The van der Waals surface area contributed by atoms with Crippen LogP contribution in [0, 0.1) is 11.3 Å². The number of anilines is 2. The Morgan fingerprint density at radius 3 is 2.71 bits per heavy atom. The van der Waals surface area contributed by atoms with Gasteiger partial charge in [-0.15, -0.1) is 5.10 Å². The smallest absolute Gasteiger partial charge is 0.317 e. The van der Waals surface area contributed by atoms with E-state index in [1.165, 1.54) is 0 Å². The molecular weight excluding hydrogens is 444 g/mol. The Kier molecular flexibility index (Phi) is 4.78. The second-order valence-corrected chi connectivity index (χ2v) is 7.75. The predicted molar refractivity (Wildman–Crippen MR) is 128 cm³/mol. The molecule has 10 nitrogen and oxygen atoms in total. The molecule has 0 spiro atoms. The summed E-state index contributed by atoms with van der Waals surface area (Å²) in [7, 11) is 0. The molecular formula is C25H16N8O2. The molecule has 1 amide bonds. The van der Waals surface area contributed by atoms with Gasteiger partial charge >= 0.3 is 6.01 Å². The molecule has 0 aliphatic carbocycles. The van der Waals surface area contributed by atoms with Gasteiger partial charge in [0.05, 0.1) is 40.3 Å². The molecule has 4 heterocycles. The van der Waals surface area contributed by atoms with Gasteiger partial charge in [0.15, 0.2) is 0 Å². The van der Waals surface area contributed by atoms with Gasteiger partial charge in [-0.05, 0) is 18.2 Å². The van der Waals surface area contributed by atoms with E-state index < -0.39 is 6.17 Å². The quantitative estimate of drug-likeness (QED) is 0.419. The maximum Gasteiger partial charge on any atom is 0.317 e. The van der Waals surface area contributed by atoms with Gasteiger partial charge in [0.25, 0.3) is 11.8 Å². The van der Waals surface area contributed by atoms with Crippen LogP contribution in [0.5, 0.6) is 0 Å². The lowest BCUT2D eigenvalue weighted by molar-refractivity contribution is -0.116. The normalized spacial score (nSPS) is 15.0. The number of hydrogen-bond acceptors (Lipinski definition) is 8. The monoisotopic (exact) mass is 460 g/mol. The summed E-state index contributed by atoms with van der Waals surface area (Å²) in [5.74, 6) is -0.167. The van der Waals surface area contributed by atoms with Gasteiger partial charge < -0.3 is 15.1 Å². The number of carbonyl (C=O) groups excluding carboxylic acids is 1. The summed E-state index contributed by atoms with van der Waals surface area (Å²) in [6.07, 6.45) is 2.24. The molecule has 168 valence electrons. The predicted octanol–water partition coefficient (Wildman–Crippen LogP) is 3.48. The molecule has 0 saturated carbocycles. The SMILES string of the molecule is N#Cc1ccn2ncc(-c3nnc(N[C@H]4N=C(c5ccccc5)c5ccccc5NC4=O)o3)c2c1. The summed E-state index contributed by atoms with van der Waals surface area (Å²) in [4.78, 5) is 17.7. The second-order valence-electron chi connectivity index (χ2n) is 7.75. The van der Waals surface area contributed by atoms with Crippen molar-refractivity contribution in [3.05, 3.63) is 95.8 Å². The van der Waals surface area contributed by atoms with Gasteiger partial charge in [-0.3, -0.25) is 4.79 Å². The van der Waals surface area contributed by atoms with Crippen molar-refractivity contribution in [3.8, 4) is 17.5 Å². The molecule has 0 bridgehead atoms. The number of benzene rings is 2.